The molecule has 0 rings (SSSR count). The van der Waals surface area contributed by atoms with Crippen molar-refractivity contribution in [3.05, 3.63) is 0 Å². The highest BCUT2D eigenvalue weighted by Gasteiger charge is 2.33. The predicted molar refractivity (Wildman–Crippen MR) is 76.3 cm³/mol. The Kier molecular flexibility index (Phi) is 9.56. The van der Waals surface area contributed by atoms with Crippen molar-refractivity contribution in [2.24, 2.45) is 0 Å². The molecule has 0 atom stereocenters. The third-order valence-corrected chi connectivity index (χ3v) is 6.24. The standard InChI is InChI=1S/C10H23NO8P2/c1-6-19-10(12)7-11(8-20(13,15-2)16-3)9-21(14,17-4)18-5/h6-9H2,1-5H3. The molecule has 0 aromatic carbocycles. The van der Waals surface area contributed by atoms with Gasteiger partial charge < -0.3 is 22.8 Å². The molecule has 0 aromatic heterocycles. The van der Waals surface area contributed by atoms with E-state index in [0.717, 1.165) is 0 Å². The first-order valence-corrected chi connectivity index (χ1v) is 9.52. The molecular weight excluding hydrogens is 324 g/mol. The van der Waals surface area contributed by atoms with E-state index in [2.05, 4.69) is 0 Å². The zero-order valence-electron chi connectivity index (χ0n) is 12.9. The number of hydrogen-bond donors (Lipinski definition) is 0. The van der Waals surface area contributed by atoms with E-state index >= 15 is 0 Å². The highest BCUT2D eigenvalue weighted by atomic mass is 31.2. The number of ether oxygens (including phenoxy) is 1. The van der Waals surface area contributed by atoms with Crippen molar-refractivity contribution < 1.29 is 36.8 Å². The molecular formula is C10H23NO8P2. The Hall–Kier alpha value is -0.270. The molecule has 9 nitrogen and oxygen atoms in total. The molecule has 0 saturated heterocycles. The molecule has 0 bridgehead atoms. The van der Waals surface area contributed by atoms with Crippen LogP contribution in [0, 0.1) is 0 Å². The van der Waals surface area contributed by atoms with E-state index < -0.39 is 21.2 Å². The average Bonchev–Trinajstić information content (AvgIpc) is 2.47. The molecule has 0 fully saturated rings. The first-order chi connectivity index (χ1) is 9.78. The highest BCUT2D eigenvalue weighted by molar-refractivity contribution is 7.54. The SMILES string of the molecule is CCOC(=O)CN(CP(=O)(OC)OC)CP(=O)(OC)OC. The molecule has 0 aromatic rings. The molecule has 0 spiro atoms. The number of nitrogens with zero attached hydrogens (tertiary/aromatic N) is 1. The summed E-state index contributed by atoms with van der Waals surface area (Å²) in [5, 5.41) is 0. The molecule has 0 unspecified atom stereocenters. The smallest absolute Gasteiger partial charge is 0.344 e. The lowest BCUT2D eigenvalue weighted by Gasteiger charge is -2.26. The fraction of sp³-hybridized carbons (Fsp3) is 0.900. The second-order valence-corrected chi connectivity index (χ2v) is 8.34. The van der Waals surface area contributed by atoms with E-state index in [0.29, 0.717) is 0 Å². The summed E-state index contributed by atoms with van der Waals surface area (Å²) in [6, 6.07) is 0. The van der Waals surface area contributed by atoms with E-state index in [-0.39, 0.29) is 25.7 Å². The van der Waals surface area contributed by atoms with Gasteiger partial charge in [-0.3, -0.25) is 18.8 Å². The van der Waals surface area contributed by atoms with Crippen molar-refractivity contribution in [1.82, 2.24) is 4.90 Å². The van der Waals surface area contributed by atoms with Crippen molar-refractivity contribution >= 4 is 21.2 Å². The Morgan fingerprint density at radius 2 is 1.29 bits per heavy atom. The molecule has 0 aliphatic carbocycles. The molecule has 0 heterocycles. The Labute approximate surface area is 124 Å². The number of carbonyl (C=O) groups is 1. The topological polar surface area (TPSA) is 101 Å². The van der Waals surface area contributed by atoms with E-state index in [1.54, 1.807) is 6.92 Å². The Morgan fingerprint density at radius 1 is 0.905 bits per heavy atom. The van der Waals surface area contributed by atoms with Crippen LogP contribution in [0.2, 0.25) is 0 Å². The van der Waals surface area contributed by atoms with Gasteiger partial charge in [-0.25, -0.2) is 0 Å². The minimum atomic E-state index is -3.43. The summed E-state index contributed by atoms with van der Waals surface area (Å²) in [5.74, 6) is -0.560. The maximum atomic E-state index is 12.2. The van der Waals surface area contributed by atoms with Crippen LogP contribution in [0.4, 0.5) is 0 Å². The summed E-state index contributed by atoms with van der Waals surface area (Å²) in [7, 11) is -1.98. The van der Waals surface area contributed by atoms with Gasteiger partial charge in [-0.2, -0.15) is 0 Å². The summed E-state index contributed by atoms with van der Waals surface area (Å²) in [5.41, 5.74) is 0. The third kappa shape index (κ3) is 7.51. The second-order valence-electron chi connectivity index (χ2n) is 3.87. The molecule has 0 amide bonds. The van der Waals surface area contributed by atoms with Crippen molar-refractivity contribution in [2.75, 3.05) is 54.2 Å². The van der Waals surface area contributed by atoms with Crippen LogP contribution in [-0.2, 0) is 36.8 Å². The van der Waals surface area contributed by atoms with E-state index in [9.17, 15) is 13.9 Å². The Balaban J connectivity index is 5.05. The normalized spacial score (nSPS) is 12.7. The molecule has 0 aliphatic heterocycles. The average molecular weight is 347 g/mol. The third-order valence-electron chi connectivity index (χ3n) is 2.52. The maximum Gasteiger partial charge on any atom is 0.344 e. The Morgan fingerprint density at radius 3 is 1.57 bits per heavy atom. The lowest BCUT2D eigenvalue weighted by atomic mass is 10.6. The van der Waals surface area contributed by atoms with Gasteiger partial charge in [-0.15, -0.1) is 0 Å². The molecule has 21 heavy (non-hydrogen) atoms. The lowest BCUT2D eigenvalue weighted by molar-refractivity contribution is -0.144. The molecule has 0 aliphatic rings. The quantitative estimate of drug-likeness (QED) is 0.408. The second kappa shape index (κ2) is 9.69. The van der Waals surface area contributed by atoms with Crippen molar-refractivity contribution in [1.29, 1.82) is 0 Å². The van der Waals surface area contributed by atoms with Crippen LogP contribution >= 0.6 is 15.2 Å². The predicted octanol–water partition coefficient (Wildman–Crippen LogP) is 1.74. The fourth-order valence-corrected chi connectivity index (χ4v) is 3.70. The summed E-state index contributed by atoms with van der Waals surface area (Å²) in [6.07, 6.45) is -0.509. The van der Waals surface area contributed by atoms with Gasteiger partial charge in [-0.1, -0.05) is 0 Å². The minimum Gasteiger partial charge on any atom is -0.465 e. The molecule has 0 radical (unpaired) electrons. The number of esters is 1. The molecule has 126 valence electrons. The van der Waals surface area contributed by atoms with Gasteiger partial charge in [0.05, 0.1) is 13.2 Å². The fourth-order valence-electron chi connectivity index (χ4n) is 1.40. The van der Waals surface area contributed by atoms with Gasteiger partial charge in [0.1, 0.15) is 12.6 Å². The van der Waals surface area contributed by atoms with Crippen molar-refractivity contribution in [3.63, 3.8) is 0 Å². The van der Waals surface area contributed by atoms with Gasteiger partial charge >= 0.3 is 21.2 Å². The number of rotatable bonds is 11. The lowest BCUT2D eigenvalue weighted by Crippen LogP contribution is -2.33. The van der Waals surface area contributed by atoms with Crippen LogP contribution in [0.3, 0.4) is 0 Å². The van der Waals surface area contributed by atoms with E-state index in [4.69, 9.17) is 22.8 Å². The van der Waals surface area contributed by atoms with Gasteiger partial charge in [0.25, 0.3) is 0 Å². The van der Waals surface area contributed by atoms with E-state index in [1.807, 2.05) is 0 Å². The monoisotopic (exact) mass is 347 g/mol. The summed E-state index contributed by atoms with van der Waals surface area (Å²) in [4.78, 5) is 12.9. The Bertz CT molecular complexity index is 372. The van der Waals surface area contributed by atoms with Gasteiger partial charge in [0, 0.05) is 28.4 Å². The van der Waals surface area contributed by atoms with E-state index in [1.165, 1.54) is 33.3 Å². The molecule has 11 heteroatoms. The van der Waals surface area contributed by atoms with Gasteiger partial charge in [0.2, 0.25) is 0 Å². The summed E-state index contributed by atoms with van der Waals surface area (Å²) < 4.78 is 48.4. The highest BCUT2D eigenvalue weighted by Crippen LogP contribution is 2.51. The first kappa shape index (κ1) is 20.7. The van der Waals surface area contributed by atoms with Crippen LogP contribution in [0.1, 0.15) is 6.92 Å². The van der Waals surface area contributed by atoms with Crippen LogP contribution < -0.4 is 0 Å². The summed E-state index contributed by atoms with van der Waals surface area (Å²) in [6.45, 7) is 1.61. The molecule has 0 saturated carbocycles. The zero-order valence-corrected chi connectivity index (χ0v) is 14.7. The minimum absolute atomic E-state index is 0.200. The van der Waals surface area contributed by atoms with Crippen LogP contribution in [-0.4, -0.2) is 65.0 Å². The largest absolute Gasteiger partial charge is 0.465 e. The van der Waals surface area contributed by atoms with Crippen LogP contribution in [0.25, 0.3) is 0 Å². The van der Waals surface area contributed by atoms with Crippen molar-refractivity contribution in [3.8, 4) is 0 Å². The summed E-state index contributed by atoms with van der Waals surface area (Å²) >= 11 is 0. The van der Waals surface area contributed by atoms with Crippen LogP contribution in [0.5, 0.6) is 0 Å². The maximum absolute atomic E-state index is 12.2. The molecule has 0 N–H and O–H groups in total. The van der Waals surface area contributed by atoms with Crippen molar-refractivity contribution in [2.45, 2.75) is 6.92 Å². The number of carbonyl (C=O) groups excluding carboxylic acids is 1. The van der Waals surface area contributed by atoms with Gasteiger partial charge in [0.15, 0.2) is 0 Å². The first-order valence-electron chi connectivity index (χ1n) is 6.07. The van der Waals surface area contributed by atoms with Gasteiger partial charge in [-0.05, 0) is 6.92 Å². The van der Waals surface area contributed by atoms with Crippen LogP contribution in [0.15, 0.2) is 0 Å². The number of hydrogen-bond acceptors (Lipinski definition) is 9. The zero-order chi connectivity index (χ0) is 16.5.